The zero-order valence-corrected chi connectivity index (χ0v) is 14.0. The first-order chi connectivity index (χ1) is 11.7. The molecule has 1 aromatic carbocycles. The van der Waals surface area contributed by atoms with Gasteiger partial charge in [0.1, 0.15) is 11.9 Å². The van der Waals surface area contributed by atoms with Gasteiger partial charge in [-0.15, -0.1) is 0 Å². The second-order valence-electron chi connectivity index (χ2n) is 5.89. The van der Waals surface area contributed by atoms with Crippen LogP contribution in [-0.4, -0.2) is 41.3 Å². The summed E-state index contributed by atoms with van der Waals surface area (Å²) in [5.41, 5.74) is 0.949. The number of hydrogen-bond acceptors (Lipinski definition) is 6. The Morgan fingerprint density at radius 1 is 1.50 bits per heavy atom. The van der Waals surface area contributed by atoms with Gasteiger partial charge in [0.15, 0.2) is 5.82 Å². The molecule has 1 N–H and O–H groups in total. The Labute approximate surface area is 141 Å². The van der Waals surface area contributed by atoms with Gasteiger partial charge in [-0.25, -0.2) is 4.39 Å². The molecule has 0 radical (unpaired) electrons. The Hall–Kier alpha value is -1.83. The molecule has 7 heteroatoms. The molecule has 2 aromatic rings. The number of halogens is 1. The van der Waals surface area contributed by atoms with Crippen molar-refractivity contribution in [3.8, 4) is 0 Å². The maximum atomic E-state index is 13.5. The van der Waals surface area contributed by atoms with Crippen LogP contribution < -0.4 is 5.32 Å². The van der Waals surface area contributed by atoms with Gasteiger partial charge in [-0.3, -0.25) is 4.90 Å². The molecule has 1 fully saturated rings. The summed E-state index contributed by atoms with van der Waals surface area (Å²) in [6, 6.07) is 6.81. The number of aromatic nitrogens is 2. The van der Waals surface area contributed by atoms with Crippen molar-refractivity contribution in [3.63, 3.8) is 0 Å². The van der Waals surface area contributed by atoms with Crippen molar-refractivity contribution in [1.82, 2.24) is 20.4 Å². The highest BCUT2D eigenvalue weighted by atomic mass is 19.1. The topological polar surface area (TPSA) is 63.4 Å². The Bertz CT molecular complexity index is 664. The summed E-state index contributed by atoms with van der Waals surface area (Å²) in [6.07, 6.45) is -0.186. The molecular formula is C17H23FN4O2. The van der Waals surface area contributed by atoms with Crippen molar-refractivity contribution in [3.05, 3.63) is 47.4 Å². The molecule has 0 spiro atoms. The summed E-state index contributed by atoms with van der Waals surface area (Å²) >= 11 is 0. The molecule has 2 unspecified atom stereocenters. The van der Waals surface area contributed by atoms with Gasteiger partial charge in [0.25, 0.3) is 0 Å². The van der Waals surface area contributed by atoms with E-state index < -0.39 is 0 Å². The summed E-state index contributed by atoms with van der Waals surface area (Å²) in [5, 5.41) is 7.36. The first-order valence-corrected chi connectivity index (χ1v) is 8.31. The predicted molar refractivity (Wildman–Crippen MR) is 86.8 cm³/mol. The van der Waals surface area contributed by atoms with Gasteiger partial charge < -0.3 is 14.6 Å². The van der Waals surface area contributed by atoms with Crippen molar-refractivity contribution >= 4 is 0 Å². The lowest BCUT2D eigenvalue weighted by Crippen LogP contribution is -2.45. The molecule has 1 aliphatic rings. The van der Waals surface area contributed by atoms with Crippen LogP contribution in [0.5, 0.6) is 0 Å². The zero-order chi connectivity index (χ0) is 16.9. The minimum absolute atomic E-state index is 0.0779. The fraction of sp³-hybridized carbons (Fsp3) is 0.529. The van der Waals surface area contributed by atoms with Crippen LogP contribution in [-0.2, 0) is 11.3 Å². The first kappa shape index (κ1) is 17.0. The van der Waals surface area contributed by atoms with E-state index in [0.717, 1.165) is 25.2 Å². The second kappa shape index (κ2) is 7.83. The standard InChI is InChI=1S/C17H23FN4O2/c1-3-23-12(2)17-20-16(24-21-17)11-22-8-7-19-10-15(22)13-5-4-6-14(18)9-13/h4-6,9,12,15,19H,3,7-8,10-11H2,1-2H3. The van der Waals surface area contributed by atoms with E-state index in [2.05, 4.69) is 20.4 Å². The molecule has 1 aliphatic heterocycles. The third-order valence-electron chi connectivity index (χ3n) is 4.19. The summed E-state index contributed by atoms with van der Waals surface area (Å²) < 4.78 is 24.4. The van der Waals surface area contributed by atoms with E-state index in [1.807, 2.05) is 19.9 Å². The van der Waals surface area contributed by atoms with Crippen LogP contribution >= 0.6 is 0 Å². The van der Waals surface area contributed by atoms with Crippen LogP contribution in [0.4, 0.5) is 4.39 Å². The quantitative estimate of drug-likeness (QED) is 0.875. The van der Waals surface area contributed by atoms with Crippen LogP contribution in [0.15, 0.2) is 28.8 Å². The molecule has 0 bridgehead atoms. The number of hydrogen-bond donors (Lipinski definition) is 1. The van der Waals surface area contributed by atoms with Gasteiger partial charge in [-0.1, -0.05) is 17.3 Å². The molecule has 6 nitrogen and oxygen atoms in total. The van der Waals surface area contributed by atoms with E-state index in [0.29, 0.717) is 24.9 Å². The smallest absolute Gasteiger partial charge is 0.240 e. The average molecular weight is 334 g/mol. The van der Waals surface area contributed by atoms with E-state index in [4.69, 9.17) is 9.26 Å². The Kier molecular flexibility index (Phi) is 5.55. The van der Waals surface area contributed by atoms with Crippen LogP contribution in [0.2, 0.25) is 0 Å². The number of piperazine rings is 1. The molecule has 0 amide bonds. The summed E-state index contributed by atoms with van der Waals surface area (Å²) in [6.45, 7) is 7.45. The van der Waals surface area contributed by atoms with Gasteiger partial charge in [-0.2, -0.15) is 4.98 Å². The molecule has 2 heterocycles. The Morgan fingerprint density at radius 3 is 3.17 bits per heavy atom. The van der Waals surface area contributed by atoms with E-state index in [-0.39, 0.29) is 18.0 Å². The predicted octanol–water partition coefficient (Wildman–Crippen LogP) is 2.45. The van der Waals surface area contributed by atoms with E-state index in [1.54, 1.807) is 12.1 Å². The number of nitrogens with one attached hydrogen (secondary N) is 1. The van der Waals surface area contributed by atoms with E-state index in [9.17, 15) is 4.39 Å². The molecule has 24 heavy (non-hydrogen) atoms. The SMILES string of the molecule is CCOC(C)c1noc(CN2CCNCC2c2cccc(F)c2)n1. The van der Waals surface area contributed by atoms with Gasteiger partial charge in [-0.05, 0) is 31.5 Å². The zero-order valence-electron chi connectivity index (χ0n) is 14.0. The molecule has 130 valence electrons. The molecular weight excluding hydrogens is 311 g/mol. The summed E-state index contributed by atoms with van der Waals surface area (Å²) in [7, 11) is 0. The molecule has 1 aromatic heterocycles. The molecule has 0 aliphatic carbocycles. The van der Waals surface area contributed by atoms with Gasteiger partial charge in [0.2, 0.25) is 5.89 Å². The van der Waals surface area contributed by atoms with Crippen LogP contribution in [0.1, 0.15) is 43.3 Å². The highest BCUT2D eigenvalue weighted by molar-refractivity contribution is 5.21. The van der Waals surface area contributed by atoms with Gasteiger partial charge in [0, 0.05) is 32.3 Å². The van der Waals surface area contributed by atoms with Crippen LogP contribution in [0, 0.1) is 5.82 Å². The lowest BCUT2D eigenvalue weighted by atomic mass is 10.0. The van der Waals surface area contributed by atoms with Crippen LogP contribution in [0.25, 0.3) is 0 Å². The fourth-order valence-corrected chi connectivity index (χ4v) is 2.97. The molecule has 0 saturated carbocycles. The Balaban J connectivity index is 1.72. The van der Waals surface area contributed by atoms with Gasteiger partial charge >= 0.3 is 0 Å². The number of ether oxygens (including phenoxy) is 1. The van der Waals surface area contributed by atoms with Crippen molar-refractivity contribution in [2.45, 2.75) is 32.5 Å². The van der Waals surface area contributed by atoms with E-state index in [1.165, 1.54) is 6.07 Å². The van der Waals surface area contributed by atoms with E-state index >= 15 is 0 Å². The number of nitrogens with zero attached hydrogens (tertiary/aromatic N) is 3. The van der Waals surface area contributed by atoms with Crippen LogP contribution in [0.3, 0.4) is 0 Å². The number of rotatable bonds is 6. The minimum atomic E-state index is -0.219. The molecule has 1 saturated heterocycles. The normalized spacial score (nSPS) is 20.2. The number of benzene rings is 1. The largest absolute Gasteiger partial charge is 0.371 e. The highest BCUT2D eigenvalue weighted by Gasteiger charge is 2.26. The lowest BCUT2D eigenvalue weighted by Gasteiger charge is -2.35. The molecule has 2 atom stereocenters. The van der Waals surface area contributed by atoms with Crippen molar-refractivity contribution in [1.29, 1.82) is 0 Å². The molecule has 3 rings (SSSR count). The summed E-state index contributed by atoms with van der Waals surface area (Å²) in [4.78, 5) is 6.66. The first-order valence-electron chi connectivity index (χ1n) is 8.31. The second-order valence-corrected chi connectivity index (χ2v) is 5.89. The maximum absolute atomic E-state index is 13.5. The maximum Gasteiger partial charge on any atom is 0.240 e. The highest BCUT2D eigenvalue weighted by Crippen LogP contribution is 2.25. The third kappa shape index (κ3) is 3.98. The van der Waals surface area contributed by atoms with Crippen molar-refractivity contribution < 1.29 is 13.7 Å². The third-order valence-corrected chi connectivity index (χ3v) is 4.19. The van der Waals surface area contributed by atoms with Gasteiger partial charge in [0.05, 0.1) is 6.54 Å². The minimum Gasteiger partial charge on any atom is -0.371 e. The fourth-order valence-electron chi connectivity index (χ4n) is 2.97. The van der Waals surface area contributed by atoms with Crippen molar-refractivity contribution in [2.24, 2.45) is 0 Å². The Morgan fingerprint density at radius 2 is 2.38 bits per heavy atom. The average Bonchev–Trinajstić information content (AvgIpc) is 3.04. The monoisotopic (exact) mass is 334 g/mol. The lowest BCUT2D eigenvalue weighted by molar-refractivity contribution is 0.0683. The van der Waals surface area contributed by atoms with Crippen molar-refractivity contribution in [2.75, 3.05) is 26.2 Å². The summed E-state index contributed by atoms with van der Waals surface area (Å²) in [5.74, 6) is 0.896.